The van der Waals surface area contributed by atoms with Gasteiger partial charge in [0.2, 0.25) is 11.8 Å². The van der Waals surface area contributed by atoms with Crippen LogP contribution in [-0.4, -0.2) is 67.1 Å². The number of hydrogen-bond acceptors (Lipinski definition) is 7. The van der Waals surface area contributed by atoms with Gasteiger partial charge in [0.05, 0.1) is 46.1 Å². The quantitative estimate of drug-likeness (QED) is 0.241. The predicted molar refractivity (Wildman–Crippen MR) is 164 cm³/mol. The van der Waals surface area contributed by atoms with E-state index in [1.807, 2.05) is 54.2 Å². The third-order valence-electron chi connectivity index (χ3n) is 7.14. The van der Waals surface area contributed by atoms with Crippen molar-refractivity contribution < 1.29 is 28.0 Å². The number of halogens is 1. The number of anilines is 2. The summed E-state index contributed by atoms with van der Waals surface area (Å²) in [7, 11) is 1.96. The van der Waals surface area contributed by atoms with Crippen molar-refractivity contribution in [2.45, 2.75) is 12.6 Å². The van der Waals surface area contributed by atoms with Gasteiger partial charge in [-0.2, -0.15) is 0 Å². The minimum atomic E-state index is -0.907. The number of aryl methyl sites for hydroxylation is 1. The van der Waals surface area contributed by atoms with Crippen LogP contribution in [0.1, 0.15) is 5.56 Å². The van der Waals surface area contributed by atoms with Crippen molar-refractivity contribution in [3.05, 3.63) is 109 Å². The number of nitrogens with zero attached hydrogens (tertiary/aromatic N) is 4. The van der Waals surface area contributed by atoms with Gasteiger partial charge in [-0.25, -0.2) is 8.96 Å². The van der Waals surface area contributed by atoms with Gasteiger partial charge in [-0.05, 0) is 54.1 Å². The molecule has 1 saturated heterocycles. The number of carbonyl (C=O) groups excluding carboxylic acids is 2. The van der Waals surface area contributed by atoms with Crippen molar-refractivity contribution in [1.82, 2.24) is 15.2 Å². The summed E-state index contributed by atoms with van der Waals surface area (Å²) in [6.45, 7) is 3.34. The van der Waals surface area contributed by atoms with Gasteiger partial charge in [0.1, 0.15) is 29.6 Å². The molecule has 1 atom stereocenters. The molecule has 0 radical (unpaired) electrons. The van der Waals surface area contributed by atoms with Crippen LogP contribution < -0.4 is 24.8 Å². The van der Waals surface area contributed by atoms with Gasteiger partial charge >= 0.3 is 5.95 Å². The second-order valence-electron chi connectivity index (χ2n) is 10.5. The van der Waals surface area contributed by atoms with Gasteiger partial charge in [-0.1, -0.05) is 35.3 Å². The molecule has 2 heterocycles. The van der Waals surface area contributed by atoms with E-state index in [0.29, 0.717) is 36.9 Å². The van der Waals surface area contributed by atoms with Crippen LogP contribution in [0, 0.1) is 5.82 Å². The minimum absolute atomic E-state index is 0.00217. The predicted octanol–water partition coefficient (Wildman–Crippen LogP) is 3.30. The average molecular weight is 600 g/mol. The average Bonchev–Trinajstić information content (AvgIpc) is 3.04. The van der Waals surface area contributed by atoms with Crippen LogP contribution in [0.25, 0.3) is 0 Å². The highest BCUT2D eigenvalue weighted by Gasteiger charge is 2.28. The summed E-state index contributed by atoms with van der Waals surface area (Å²) in [5.74, 6) is 0.914. The van der Waals surface area contributed by atoms with Gasteiger partial charge in [-0.15, -0.1) is 0 Å². The first-order chi connectivity index (χ1) is 21.4. The summed E-state index contributed by atoms with van der Waals surface area (Å²) in [4.78, 5) is 35.1. The Morgan fingerprint density at radius 2 is 1.61 bits per heavy atom. The Kier molecular flexibility index (Phi) is 10.5. The van der Waals surface area contributed by atoms with Crippen molar-refractivity contribution in [2.75, 3.05) is 49.5 Å². The molecule has 0 aliphatic carbocycles. The van der Waals surface area contributed by atoms with E-state index in [9.17, 15) is 14.0 Å². The Hall–Kier alpha value is -4.87. The third kappa shape index (κ3) is 8.82. The van der Waals surface area contributed by atoms with Crippen LogP contribution in [0.5, 0.6) is 11.5 Å². The van der Waals surface area contributed by atoms with Crippen LogP contribution in [0.2, 0.25) is 0 Å². The summed E-state index contributed by atoms with van der Waals surface area (Å²) >= 11 is 0. The van der Waals surface area contributed by atoms with Gasteiger partial charge in [-0.3, -0.25) is 19.4 Å². The highest BCUT2D eigenvalue weighted by Crippen LogP contribution is 2.23. The number of piperazine rings is 1. The highest BCUT2D eigenvalue weighted by molar-refractivity contribution is 5.97. The van der Waals surface area contributed by atoms with Crippen LogP contribution in [-0.2, 0) is 28.0 Å². The Bertz CT molecular complexity index is 1510. The first-order valence-electron chi connectivity index (χ1n) is 14.5. The maximum absolute atomic E-state index is 13.3. The zero-order valence-corrected chi connectivity index (χ0v) is 24.6. The maximum atomic E-state index is 13.3. The van der Waals surface area contributed by atoms with E-state index in [1.165, 1.54) is 24.3 Å². The molecule has 1 aromatic heterocycles. The van der Waals surface area contributed by atoms with E-state index in [2.05, 4.69) is 25.4 Å². The zero-order chi connectivity index (χ0) is 30.7. The Balaban J connectivity index is 1.16. The molecule has 4 aromatic rings. The number of ether oxygens (including phenoxy) is 2. The second kappa shape index (κ2) is 15.0. The Morgan fingerprint density at radius 3 is 2.30 bits per heavy atom. The number of hydrogen-bond donors (Lipinski definition) is 2. The van der Waals surface area contributed by atoms with Gasteiger partial charge in [0.25, 0.3) is 0 Å². The molecule has 0 saturated carbocycles. The molecule has 0 bridgehead atoms. The molecule has 11 heteroatoms. The third-order valence-corrected chi connectivity index (χ3v) is 7.14. The molecule has 1 unspecified atom stereocenters. The summed E-state index contributed by atoms with van der Waals surface area (Å²) in [6, 6.07) is 23.1. The number of carbonyl (C=O) groups is 2. The number of amides is 2. The largest absolute Gasteiger partial charge is 0.457 e. The highest BCUT2D eigenvalue weighted by atomic mass is 19.1. The molecule has 0 spiro atoms. The number of rotatable bonds is 12. The monoisotopic (exact) mass is 599 g/mol. The van der Waals surface area contributed by atoms with Gasteiger partial charge < -0.3 is 20.1 Å². The van der Waals surface area contributed by atoms with E-state index < -0.39 is 11.9 Å². The maximum Gasteiger partial charge on any atom is 0.393 e. The van der Waals surface area contributed by atoms with Crippen LogP contribution >= 0.6 is 0 Å². The van der Waals surface area contributed by atoms with E-state index in [-0.39, 0.29) is 24.9 Å². The summed E-state index contributed by atoms with van der Waals surface area (Å²) in [6.07, 6.45) is 3.74. The van der Waals surface area contributed by atoms with Crippen molar-refractivity contribution >= 4 is 23.5 Å². The fraction of sp³-hybridized carbons (Fsp3) is 0.273. The fourth-order valence-electron chi connectivity index (χ4n) is 4.81. The lowest BCUT2D eigenvalue weighted by Crippen LogP contribution is -2.54. The summed E-state index contributed by atoms with van der Waals surface area (Å²) < 4.78 is 26.7. The van der Waals surface area contributed by atoms with Crippen molar-refractivity contribution in [2.24, 2.45) is 7.05 Å². The SMILES string of the molecule is C[n+]1cccnc1N1CCN(CC(=O)NC(COCc2ccccc2)C(=O)Nc2ccc(Oc3ccc(F)cc3)cc2)CC1. The Morgan fingerprint density at radius 1 is 0.932 bits per heavy atom. The van der Waals surface area contributed by atoms with Crippen molar-refractivity contribution in [3.63, 3.8) is 0 Å². The number of aromatic nitrogens is 2. The number of nitrogens with one attached hydrogen (secondary N) is 2. The van der Waals surface area contributed by atoms with Gasteiger partial charge in [0, 0.05) is 24.8 Å². The van der Waals surface area contributed by atoms with Crippen LogP contribution in [0.4, 0.5) is 16.0 Å². The van der Waals surface area contributed by atoms with Crippen LogP contribution in [0.3, 0.4) is 0 Å². The molecule has 1 fully saturated rings. The van der Waals surface area contributed by atoms with E-state index in [0.717, 1.165) is 24.6 Å². The normalized spacial score (nSPS) is 14.1. The summed E-state index contributed by atoms with van der Waals surface area (Å²) in [5.41, 5.74) is 1.50. The molecule has 44 heavy (non-hydrogen) atoms. The summed E-state index contributed by atoms with van der Waals surface area (Å²) in [5, 5.41) is 5.73. The zero-order valence-electron chi connectivity index (χ0n) is 24.6. The second-order valence-corrected chi connectivity index (χ2v) is 10.5. The fourth-order valence-corrected chi connectivity index (χ4v) is 4.81. The molecule has 5 rings (SSSR count). The molecular formula is C33H36FN6O4+. The minimum Gasteiger partial charge on any atom is -0.457 e. The van der Waals surface area contributed by atoms with E-state index >= 15 is 0 Å². The molecule has 2 amide bonds. The van der Waals surface area contributed by atoms with E-state index in [1.54, 1.807) is 30.5 Å². The smallest absolute Gasteiger partial charge is 0.393 e. The number of benzene rings is 3. The standard InChI is InChI=1S/C33H35FN6O4/c1-38-17-5-16-35-33(38)40-20-18-39(19-21-40)22-31(41)37-30(24-43-23-25-6-3-2-4-7-25)32(42)36-27-10-14-29(15-11-27)44-28-12-8-26(34)9-13-28/h2-17,30H,18-24H2,1H3,(H-,36,37,41,42)/p+1. The Labute approximate surface area is 256 Å². The lowest BCUT2D eigenvalue weighted by Gasteiger charge is -2.31. The molecular weight excluding hydrogens is 563 g/mol. The molecule has 3 aromatic carbocycles. The first-order valence-corrected chi connectivity index (χ1v) is 14.5. The van der Waals surface area contributed by atoms with Crippen molar-refractivity contribution in [3.8, 4) is 11.5 Å². The molecule has 1 aliphatic rings. The van der Waals surface area contributed by atoms with Crippen molar-refractivity contribution in [1.29, 1.82) is 0 Å². The van der Waals surface area contributed by atoms with Crippen LogP contribution in [0.15, 0.2) is 97.3 Å². The van der Waals surface area contributed by atoms with Gasteiger partial charge in [0.15, 0.2) is 0 Å². The molecule has 2 N–H and O–H groups in total. The molecule has 1 aliphatic heterocycles. The first kappa shape index (κ1) is 30.6. The lowest BCUT2D eigenvalue weighted by molar-refractivity contribution is -0.661. The molecule has 228 valence electrons. The molecule has 10 nitrogen and oxygen atoms in total. The van der Waals surface area contributed by atoms with E-state index in [4.69, 9.17) is 9.47 Å². The lowest BCUT2D eigenvalue weighted by atomic mass is 10.2. The topological polar surface area (TPSA) is 99.9 Å².